The van der Waals surface area contributed by atoms with Gasteiger partial charge in [-0.3, -0.25) is 4.79 Å². The minimum absolute atomic E-state index is 0.0889. The number of amides is 1. The second kappa shape index (κ2) is 4.74. The number of nitrogens with one attached hydrogen (secondary N) is 2. The Balaban J connectivity index is 1.93. The highest BCUT2D eigenvalue weighted by atomic mass is 16.2. The highest BCUT2D eigenvalue weighted by Gasteiger charge is 2.39. The molecule has 0 radical (unpaired) electrons. The van der Waals surface area contributed by atoms with Gasteiger partial charge in [0, 0.05) is 6.04 Å². The molecule has 2 rings (SSSR count). The van der Waals surface area contributed by atoms with Crippen LogP contribution in [0.25, 0.3) is 0 Å². The van der Waals surface area contributed by atoms with E-state index in [4.69, 9.17) is 0 Å². The van der Waals surface area contributed by atoms with E-state index in [1.54, 1.807) is 0 Å². The summed E-state index contributed by atoms with van der Waals surface area (Å²) in [5.41, 5.74) is -0.0889. The zero-order valence-electron chi connectivity index (χ0n) is 10.5. The lowest BCUT2D eigenvalue weighted by molar-refractivity contribution is -0.133. The Bertz CT molecular complexity index is 255. The second-order valence-corrected chi connectivity index (χ2v) is 5.48. The fourth-order valence-electron chi connectivity index (χ4n) is 2.72. The van der Waals surface area contributed by atoms with E-state index in [2.05, 4.69) is 24.5 Å². The van der Waals surface area contributed by atoms with Crippen molar-refractivity contribution in [2.24, 2.45) is 11.3 Å². The zero-order valence-corrected chi connectivity index (χ0v) is 10.5. The van der Waals surface area contributed by atoms with Crippen molar-refractivity contribution >= 4 is 5.91 Å². The van der Waals surface area contributed by atoms with Crippen molar-refractivity contribution in [2.45, 2.75) is 52.0 Å². The summed E-state index contributed by atoms with van der Waals surface area (Å²) < 4.78 is 0. The molecule has 0 aromatic rings. The van der Waals surface area contributed by atoms with Crippen molar-refractivity contribution < 1.29 is 4.79 Å². The SMILES string of the molecule is CCC1(C(=O)NC(C)C2CC2)CCNCC1. The lowest BCUT2D eigenvalue weighted by Crippen LogP contribution is -2.49. The highest BCUT2D eigenvalue weighted by molar-refractivity contribution is 5.83. The average Bonchev–Trinajstić information content (AvgIpc) is 3.13. The Hall–Kier alpha value is -0.570. The molecule has 3 nitrogen and oxygen atoms in total. The van der Waals surface area contributed by atoms with Gasteiger partial charge >= 0.3 is 0 Å². The van der Waals surface area contributed by atoms with Gasteiger partial charge in [-0.2, -0.15) is 0 Å². The lowest BCUT2D eigenvalue weighted by Gasteiger charge is -2.36. The molecular formula is C13H24N2O. The van der Waals surface area contributed by atoms with Crippen LogP contribution in [-0.4, -0.2) is 25.0 Å². The van der Waals surface area contributed by atoms with Gasteiger partial charge in [0.05, 0.1) is 5.41 Å². The molecular weight excluding hydrogens is 200 g/mol. The van der Waals surface area contributed by atoms with Crippen molar-refractivity contribution in [1.29, 1.82) is 0 Å². The topological polar surface area (TPSA) is 41.1 Å². The molecule has 1 saturated heterocycles. The maximum Gasteiger partial charge on any atom is 0.226 e. The molecule has 92 valence electrons. The van der Waals surface area contributed by atoms with Crippen molar-refractivity contribution in [3.05, 3.63) is 0 Å². The Morgan fingerprint density at radius 1 is 1.44 bits per heavy atom. The summed E-state index contributed by atoms with van der Waals surface area (Å²) in [4.78, 5) is 12.4. The van der Waals surface area contributed by atoms with Crippen LogP contribution in [-0.2, 0) is 4.79 Å². The lowest BCUT2D eigenvalue weighted by atomic mass is 9.75. The van der Waals surface area contributed by atoms with E-state index in [0.717, 1.165) is 38.3 Å². The molecule has 1 unspecified atom stereocenters. The van der Waals surface area contributed by atoms with Crippen LogP contribution < -0.4 is 10.6 Å². The first-order valence-corrected chi connectivity index (χ1v) is 6.69. The van der Waals surface area contributed by atoms with Crippen LogP contribution in [0.2, 0.25) is 0 Å². The number of hydrogen-bond donors (Lipinski definition) is 2. The number of piperidine rings is 1. The van der Waals surface area contributed by atoms with Gasteiger partial charge in [-0.15, -0.1) is 0 Å². The van der Waals surface area contributed by atoms with Crippen molar-refractivity contribution in [2.75, 3.05) is 13.1 Å². The van der Waals surface area contributed by atoms with Crippen LogP contribution in [0.4, 0.5) is 0 Å². The summed E-state index contributed by atoms with van der Waals surface area (Å²) in [6, 6.07) is 0.380. The first kappa shape index (κ1) is 11.9. The fraction of sp³-hybridized carbons (Fsp3) is 0.923. The summed E-state index contributed by atoms with van der Waals surface area (Å²) in [6.07, 6.45) is 5.54. The van der Waals surface area contributed by atoms with Gasteiger partial charge in [0.15, 0.2) is 0 Å². The Morgan fingerprint density at radius 2 is 2.06 bits per heavy atom. The molecule has 16 heavy (non-hydrogen) atoms. The number of hydrogen-bond acceptors (Lipinski definition) is 2. The van der Waals surface area contributed by atoms with Gasteiger partial charge < -0.3 is 10.6 Å². The largest absolute Gasteiger partial charge is 0.353 e. The van der Waals surface area contributed by atoms with Crippen LogP contribution in [0.5, 0.6) is 0 Å². The van der Waals surface area contributed by atoms with Gasteiger partial charge in [-0.25, -0.2) is 0 Å². The standard InChI is InChI=1S/C13H24N2O/c1-3-13(6-8-14-9-7-13)12(16)15-10(2)11-4-5-11/h10-11,14H,3-9H2,1-2H3,(H,15,16). The second-order valence-electron chi connectivity index (χ2n) is 5.48. The van der Waals surface area contributed by atoms with Crippen molar-refractivity contribution in [3.63, 3.8) is 0 Å². The molecule has 0 spiro atoms. The Labute approximate surface area is 98.4 Å². The molecule has 0 aromatic heterocycles. The van der Waals surface area contributed by atoms with E-state index in [0.29, 0.717) is 11.9 Å². The minimum Gasteiger partial charge on any atom is -0.353 e. The van der Waals surface area contributed by atoms with Gasteiger partial charge in [-0.05, 0) is 58.0 Å². The molecule has 1 aliphatic carbocycles. The molecule has 1 atom stereocenters. The summed E-state index contributed by atoms with van der Waals surface area (Å²) in [7, 11) is 0. The molecule has 0 aromatic carbocycles. The number of rotatable bonds is 4. The quantitative estimate of drug-likeness (QED) is 0.763. The van der Waals surface area contributed by atoms with E-state index < -0.39 is 0 Å². The van der Waals surface area contributed by atoms with Gasteiger partial charge in [0.25, 0.3) is 0 Å². The van der Waals surface area contributed by atoms with Crippen LogP contribution in [0.3, 0.4) is 0 Å². The molecule has 2 N–H and O–H groups in total. The summed E-state index contributed by atoms with van der Waals surface area (Å²) in [5.74, 6) is 1.05. The predicted molar refractivity (Wildman–Crippen MR) is 65.2 cm³/mol. The molecule has 2 fully saturated rings. The first-order chi connectivity index (χ1) is 7.68. The first-order valence-electron chi connectivity index (χ1n) is 6.69. The third-order valence-electron chi connectivity index (χ3n) is 4.41. The van der Waals surface area contributed by atoms with Crippen LogP contribution in [0, 0.1) is 11.3 Å². The Kier molecular flexibility index (Phi) is 3.53. The maximum absolute atomic E-state index is 12.4. The van der Waals surface area contributed by atoms with E-state index in [1.807, 2.05) is 0 Å². The van der Waals surface area contributed by atoms with Crippen LogP contribution in [0.15, 0.2) is 0 Å². The monoisotopic (exact) mass is 224 g/mol. The summed E-state index contributed by atoms with van der Waals surface area (Å²) in [6.45, 7) is 6.27. The van der Waals surface area contributed by atoms with Crippen molar-refractivity contribution in [1.82, 2.24) is 10.6 Å². The highest BCUT2D eigenvalue weighted by Crippen LogP contribution is 2.35. The smallest absolute Gasteiger partial charge is 0.226 e. The normalized spacial score (nSPS) is 26.1. The third-order valence-corrected chi connectivity index (χ3v) is 4.41. The maximum atomic E-state index is 12.4. The van der Waals surface area contributed by atoms with Crippen LogP contribution in [0.1, 0.15) is 46.0 Å². The van der Waals surface area contributed by atoms with E-state index in [1.165, 1.54) is 12.8 Å². The predicted octanol–water partition coefficient (Wildman–Crippen LogP) is 1.68. The molecule has 1 amide bonds. The van der Waals surface area contributed by atoms with Crippen molar-refractivity contribution in [3.8, 4) is 0 Å². The number of carbonyl (C=O) groups excluding carboxylic acids is 1. The van der Waals surface area contributed by atoms with E-state index in [-0.39, 0.29) is 5.41 Å². The molecule has 2 aliphatic rings. The Morgan fingerprint density at radius 3 is 2.56 bits per heavy atom. The molecule has 0 bridgehead atoms. The van der Waals surface area contributed by atoms with E-state index in [9.17, 15) is 4.79 Å². The fourth-order valence-corrected chi connectivity index (χ4v) is 2.72. The van der Waals surface area contributed by atoms with Crippen LogP contribution >= 0.6 is 0 Å². The average molecular weight is 224 g/mol. The molecule has 1 heterocycles. The van der Waals surface area contributed by atoms with Gasteiger partial charge in [0.1, 0.15) is 0 Å². The molecule has 1 aliphatic heterocycles. The van der Waals surface area contributed by atoms with E-state index >= 15 is 0 Å². The number of carbonyl (C=O) groups is 1. The third kappa shape index (κ3) is 2.40. The molecule has 1 saturated carbocycles. The van der Waals surface area contributed by atoms with Gasteiger partial charge in [0.2, 0.25) is 5.91 Å². The molecule has 3 heteroatoms. The zero-order chi connectivity index (χ0) is 11.6. The summed E-state index contributed by atoms with van der Waals surface area (Å²) >= 11 is 0. The summed E-state index contributed by atoms with van der Waals surface area (Å²) in [5, 5.41) is 6.57. The van der Waals surface area contributed by atoms with Gasteiger partial charge in [-0.1, -0.05) is 6.92 Å². The minimum atomic E-state index is -0.0889.